The summed E-state index contributed by atoms with van der Waals surface area (Å²) in [4.78, 5) is 38.1. The van der Waals surface area contributed by atoms with Crippen LogP contribution in [-0.4, -0.2) is 39.9 Å². The van der Waals surface area contributed by atoms with Crippen LogP contribution in [0.3, 0.4) is 0 Å². The first kappa shape index (κ1) is 31.9. The smallest absolute Gasteiger partial charge is 0.435 e. The third kappa shape index (κ3) is 6.94. The molecule has 1 heterocycles. The van der Waals surface area contributed by atoms with Crippen molar-refractivity contribution in [1.29, 1.82) is 0 Å². The van der Waals surface area contributed by atoms with E-state index in [4.69, 9.17) is 0 Å². The molecule has 4 aromatic rings. The van der Waals surface area contributed by atoms with E-state index in [0.717, 1.165) is 28.8 Å². The zero-order chi connectivity index (χ0) is 32.2. The van der Waals surface area contributed by atoms with E-state index in [1.807, 2.05) is 11.6 Å². The van der Waals surface area contributed by atoms with Crippen molar-refractivity contribution >= 4 is 27.6 Å². The first-order chi connectivity index (χ1) is 20.7. The van der Waals surface area contributed by atoms with Crippen LogP contribution in [0.1, 0.15) is 57.7 Å². The number of carboxylic acid groups (broad SMARTS) is 1. The molecule has 4 rings (SSSR count). The summed E-state index contributed by atoms with van der Waals surface area (Å²) in [6.45, 7) is 1.61. The molecule has 0 spiro atoms. The minimum Gasteiger partial charge on any atom is -0.477 e. The summed E-state index contributed by atoms with van der Waals surface area (Å²) < 4.78 is 70.2. The van der Waals surface area contributed by atoms with Gasteiger partial charge >= 0.3 is 12.1 Å². The number of aryl methyl sites for hydroxylation is 1. The lowest BCUT2D eigenvalue weighted by molar-refractivity contribution is -0.384. The Morgan fingerprint density at radius 3 is 2.23 bits per heavy atom. The van der Waals surface area contributed by atoms with Crippen molar-refractivity contribution in [3.8, 4) is 11.1 Å². The highest BCUT2D eigenvalue weighted by molar-refractivity contribution is 7.90. The molecule has 3 aromatic carbocycles. The Bertz CT molecular complexity index is 1820. The van der Waals surface area contributed by atoms with Crippen LogP contribution in [0.25, 0.3) is 11.1 Å². The maximum absolute atomic E-state index is 13.6. The van der Waals surface area contributed by atoms with Crippen LogP contribution in [0.15, 0.2) is 77.7 Å². The number of unbranched alkanes of at least 4 members (excludes halogenated alkanes) is 1. The SMILES string of the molecule is CCCCc1nc(C(F)(F)F)c(C(=O)O)n1Cc1ccc(-c2ccccc2S(=O)(=O)NC(=O)c2ccc([N+](=O)[O-])cc2)cc1. The molecule has 0 atom stereocenters. The largest absolute Gasteiger partial charge is 0.477 e. The number of amides is 1. The zero-order valence-corrected chi connectivity index (χ0v) is 23.9. The topological polar surface area (TPSA) is 162 Å². The number of nitro benzene ring substituents is 1. The molecule has 0 radical (unpaired) electrons. The highest BCUT2D eigenvalue weighted by Gasteiger charge is 2.41. The standard InChI is InChI=1S/C29H25F3N4O7S/c1-2-3-8-24-33-26(29(30,31)32)25(28(38)39)35(24)17-18-9-11-19(12-10-18)22-6-4-5-7-23(22)44(42,43)34-27(37)20-13-15-21(16-14-20)36(40)41/h4-7,9-16H,2-3,8,17H2,1H3,(H,34,37)(H,38,39). The van der Waals surface area contributed by atoms with Gasteiger partial charge in [-0.3, -0.25) is 14.9 Å². The van der Waals surface area contributed by atoms with Gasteiger partial charge in [0.2, 0.25) is 0 Å². The molecule has 15 heteroatoms. The molecule has 0 aliphatic heterocycles. The molecule has 0 saturated carbocycles. The average molecular weight is 631 g/mol. The number of nitro groups is 1. The summed E-state index contributed by atoms with van der Waals surface area (Å²) in [6, 6.07) is 16.3. The molecule has 2 N–H and O–H groups in total. The normalized spacial score (nSPS) is 11.7. The summed E-state index contributed by atoms with van der Waals surface area (Å²) in [5.74, 6) is -2.78. The number of non-ortho nitro benzene ring substituents is 1. The van der Waals surface area contributed by atoms with Gasteiger partial charge in [-0.1, -0.05) is 55.8 Å². The number of halogens is 3. The summed E-state index contributed by atoms with van der Waals surface area (Å²) in [6.07, 6.45) is -3.67. The summed E-state index contributed by atoms with van der Waals surface area (Å²) >= 11 is 0. The molecule has 0 saturated heterocycles. The number of nitrogens with one attached hydrogen (secondary N) is 1. The van der Waals surface area contributed by atoms with Crippen LogP contribution in [-0.2, 0) is 29.2 Å². The first-order valence-electron chi connectivity index (χ1n) is 13.1. The Morgan fingerprint density at radius 2 is 1.66 bits per heavy atom. The lowest BCUT2D eigenvalue weighted by Crippen LogP contribution is -2.30. The second-order valence-corrected chi connectivity index (χ2v) is 11.3. The number of rotatable bonds is 11. The number of benzene rings is 3. The number of sulfonamides is 1. The van der Waals surface area contributed by atoms with Gasteiger partial charge in [0.15, 0.2) is 11.4 Å². The van der Waals surface area contributed by atoms with Crippen LogP contribution in [0.5, 0.6) is 0 Å². The zero-order valence-electron chi connectivity index (χ0n) is 23.0. The second-order valence-electron chi connectivity index (χ2n) is 9.65. The molecule has 0 bridgehead atoms. The Hall–Kier alpha value is -5.05. The first-order valence-corrected chi connectivity index (χ1v) is 14.6. The number of nitrogens with zero attached hydrogens (tertiary/aromatic N) is 3. The van der Waals surface area contributed by atoms with E-state index >= 15 is 0 Å². The number of hydrogen-bond acceptors (Lipinski definition) is 7. The minimum absolute atomic E-state index is 0.0131. The van der Waals surface area contributed by atoms with Crippen molar-refractivity contribution in [2.45, 2.75) is 43.8 Å². The fourth-order valence-corrected chi connectivity index (χ4v) is 5.70. The van der Waals surface area contributed by atoms with E-state index < -0.39 is 44.4 Å². The van der Waals surface area contributed by atoms with E-state index in [2.05, 4.69) is 4.98 Å². The maximum atomic E-state index is 13.6. The second kappa shape index (κ2) is 12.7. The fourth-order valence-electron chi connectivity index (χ4n) is 4.49. The maximum Gasteiger partial charge on any atom is 0.435 e. The summed E-state index contributed by atoms with van der Waals surface area (Å²) in [5.41, 5.74) is -1.79. The Morgan fingerprint density at radius 1 is 1.02 bits per heavy atom. The van der Waals surface area contributed by atoms with Crippen molar-refractivity contribution < 1.29 is 41.2 Å². The van der Waals surface area contributed by atoms with E-state index in [1.165, 1.54) is 42.5 Å². The molecule has 0 fully saturated rings. The molecule has 230 valence electrons. The molecule has 0 aliphatic carbocycles. The fraction of sp³-hybridized carbons (Fsp3) is 0.207. The molecular formula is C29H25F3N4O7S. The van der Waals surface area contributed by atoms with Crippen molar-refractivity contribution in [3.63, 3.8) is 0 Å². The van der Waals surface area contributed by atoms with Gasteiger partial charge in [0.25, 0.3) is 21.6 Å². The highest BCUT2D eigenvalue weighted by atomic mass is 32.2. The van der Waals surface area contributed by atoms with Crippen molar-refractivity contribution in [1.82, 2.24) is 14.3 Å². The van der Waals surface area contributed by atoms with Gasteiger partial charge in [0, 0.05) is 36.2 Å². The molecule has 0 aliphatic rings. The highest BCUT2D eigenvalue weighted by Crippen LogP contribution is 2.33. The predicted octanol–water partition coefficient (Wildman–Crippen LogP) is 5.68. The molecule has 0 unspecified atom stereocenters. The van der Waals surface area contributed by atoms with E-state index in [0.29, 0.717) is 24.0 Å². The summed E-state index contributed by atoms with van der Waals surface area (Å²) in [7, 11) is -4.43. The monoisotopic (exact) mass is 630 g/mol. The average Bonchev–Trinajstić information content (AvgIpc) is 3.35. The number of aromatic carboxylic acids is 1. The van der Waals surface area contributed by atoms with Gasteiger partial charge in [0.1, 0.15) is 5.82 Å². The molecule has 1 amide bonds. The van der Waals surface area contributed by atoms with E-state index in [1.54, 1.807) is 6.07 Å². The van der Waals surface area contributed by atoms with Crippen LogP contribution in [0.2, 0.25) is 0 Å². The lowest BCUT2D eigenvalue weighted by Gasteiger charge is -2.14. The molecule has 1 aromatic heterocycles. The van der Waals surface area contributed by atoms with Crippen LogP contribution in [0.4, 0.5) is 18.9 Å². The number of aromatic nitrogens is 2. The minimum atomic E-state index is -4.97. The van der Waals surface area contributed by atoms with Crippen molar-refractivity contribution in [2.75, 3.05) is 0 Å². The van der Waals surface area contributed by atoms with E-state index in [-0.39, 0.29) is 40.5 Å². The predicted molar refractivity (Wildman–Crippen MR) is 152 cm³/mol. The van der Waals surface area contributed by atoms with Crippen molar-refractivity contribution in [2.24, 2.45) is 0 Å². The number of carboxylic acids is 1. The Labute approximate surface area is 249 Å². The lowest BCUT2D eigenvalue weighted by atomic mass is 10.0. The summed E-state index contributed by atoms with van der Waals surface area (Å²) in [5, 5.41) is 20.5. The third-order valence-corrected chi connectivity index (χ3v) is 8.01. The Balaban J connectivity index is 1.63. The van der Waals surface area contributed by atoms with Gasteiger partial charge in [-0.2, -0.15) is 13.2 Å². The number of carbonyl (C=O) groups is 2. The molecule has 11 nitrogen and oxygen atoms in total. The quantitative estimate of drug-likeness (QED) is 0.158. The van der Waals surface area contributed by atoms with Crippen LogP contribution >= 0.6 is 0 Å². The number of alkyl halides is 3. The van der Waals surface area contributed by atoms with Gasteiger partial charge < -0.3 is 9.67 Å². The Kier molecular flexibility index (Phi) is 9.18. The van der Waals surface area contributed by atoms with Gasteiger partial charge in [-0.25, -0.2) is 22.9 Å². The van der Waals surface area contributed by atoms with Gasteiger partial charge in [0.05, 0.1) is 9.82 Å². The molecule has 44 heavy (non-hydrogen) atoms. The number of hydrogen-bond donors (Lipinski definition) is 2. The van der Waals surface area contributed by atoms with E-state index in [9.17, 15) is 46.4 Å². The van der Waals surface area contributed by atoms with Gasteiger partial charge in [-0.05, 0) is 35.7 Å². The third-order valence-electron chi connectivity index (χ3n) is 6.62. The number of imidazole rings is 1. The molecular weight excluding hydrogens is 605 g/mol. The van der Waals surface area contributed by atoms with Crippen molar-refractivity contribution in [3.05, 3.63) is 111 Å². The van der Waals surface area contributed by atoms with Gasteiger partial charge in [-0.15, -0.1) is 0 Å². The van der Waals surface area contributed by atoms with Crippen LogP contribution < -0.4 is 4.72 Å². The van der Waals surface area contributed by atoms with Crippen LogP contribution in [0, 0.1) is 10.1 Å². The number of carbonyl (C=O) groups excluding carboxylic acids is 1.